The number of nitrogens with one attached hydrogen (secondary N) is 1. The first-order valence-electron chi connectivity index (χ1n) is 11.6. The van der Waals surface area contributed by atoms with E-state index in [2.05, 4.69) is 49.2 Å². The molecule has 3 N–H and O–H groups in total. The van der Waals surface area contributed by atoms with Gasteiger partial charge < -0.3 is 15.7 Å². The zero-order valence-electron chi connectivity index (χ0n) is 20.0. The SMILES string of the molecule is C=COF.CC.CC1CCC(Cc2nc3ccc(N)cc3[nH]2)CC1.CCC(C)CC. The highest BCUT2D eigenvalue weighted by atomic mass is 19.3. The number of hydrogen-bond acceptors (Lipinski definition) is 3. The van der Waals surface area contributed by atoms with E-state index in [1.165, 1.54) is 38.5 Å². The molecule has 0 saturated heterocycles. The third-order valence-electron chi connectivity index (χ3n) is 5.63. The molecule has 1 aliphatic rings. The second-order valence-electron chi connectivity index (χ2n) is 7.97. The molecule has 0 bridgehead atoms. The lowest BCUT2D eigenvalue weighted by Crippen LogP contribution is -2.14. The number of nitrogen functional groups attached to an aromatic ring is 1. The van der Waals surface area contributed by atoms with E-state index in [4.69, 9.17) is 5.73 Å². The molecule has 2 aromatic rings. The molecule has 0 aliphatic heterocycles. The van der Waals surface area contributed by atoms with Gasteiger partial charge >= 0.3 is 0 Å². The molecule has 3 rings (SSSR count). The molecule has 0 atom stereocenters. The number of aromatic amines is 1. The number of benzene rings is 1. The van der Waals surface area contributed by atoms with Crippen molar-refractivity contribution in [3.63, 3.8) is 0 Å². The molecule has 1 aliphatic carbocycles. The van der Waals surface area contributed by atoms with E-state index in [0.29, 0.717) is 6.26 Å². The van der Waals surface area contributed by atoms with E-state index in [-0.39, 0.29) is 0 Å². The van der Waals surface area contributed by atoms with Gasteiger partial charge in [0.1, 0.15) is 12.1 Å². The topological polar surface area (TPSA) is 63.9 Å². The third kappa shape index (κ3) is 11.2. The molecule has 30 heavy (non-hydrogen) atoms. The Morgan fingerprint density at radius 2 is 1.80 bits per heavy atom. The van der Waals surface area contributed by atoms with Crippen molar-refractivity contribution in [1.82, 2.24) is 9.97 Å². The zero-order chi connectivity index (χ0) is 22.9. The minimum atomic E-state index is 0.708. The molecule has 0 amide bonds. The number of halogens is 1. The summed E-state index contributed by atoms with van der Waals surface area (Å²) in [6.45, 7) is 16.0. The van der Waals surface area contributed by atoms with Gasteiger partial charge in [-0.25, -0.2) is 4.98 Å². The second kappa shape index (κ2) is 16.7. The van der Waals surface area contributed by atoms with Crippen LogP contribution in [0.15, 0.2) is 31.0 Å². The van der Waals surface area contributed by atoms with Gasteiger partial charge in [0, 0.05) is 16.6 Å². The van der Waals surface area contributed by atoms with Crippen LogP contribution in [-0.4, -0.2) is 9.97 Å². The van der Waals surface area contributed by atoms with Gasteiger partial charge in [0.25, 0.3) is 0 Å². The molecular weight excluding hydrogens is 377 g/mol. The average Bonchev–Trinajstić information content (AvgIpc) is 3.18. The van der Waals surface area contributed by atoms with Crippen molar-refractivity contribution in [3.8, 4) is 0 Å². The van der Waals surface area contributed by atoms with Gasteiger partial charge in [-0.2, -0.15) is 0 Å². The standard InChI is InChI=1S/C15H21N3.C6H14.C2H3FO.C2H6/c1-10-2-4-11(5-3-10)8-15-17-13-7-6-12(16)9-14(13)18-15;1-4-6(3)5-2;1-2-4-3;1-2/h6-7,9-11H,2-5,8,16H2,1H3,(H,17,18);6H,4-5H2,1-3H3;2H,1H2;1-2H3. The zero-order valence-corrected chi connectivity index (χ0v) is 20.0. The van der Waals surface area contributed by atoms with E-state index >= 15 is 0 Å². The predicted molar refractivity (Wildman–Crippen MR) is 129 cm³/mol. The lowest BCUT2D eigenvalue weighted by molar-refractivity contribution is -0.0611. The van der Waals surface area contributed by atoms with Crippen LogP contribution < -0.4 is 5.73 Å². The monoisotopic (exact) mass is 421 g/mol. The normalized spacial score (nSPS) is 17.6. The average molecular weight is 422 g/mol. The largest absolute Gasteiger partial charge is 0.399 e. The second-order valence-corrected chi connectivity index (χ2v) is 7.97. The maximum atomic E-state index is 10.1. The van der Waals surface area contributed by atoms with Crippen LogP contribution in [0.25, 0.3) is 11.0 Å². The first-order valence-corrected chi connectivity index (χ1v) is 11.6. The highest BCUT2D eigenvalue weighted by Gasteiger charge is 2.19. The number of rotatable bonds is 5. The van der Waals surface area contributed by atoms with E-state index in [1.807, 2.05) is 32.0 Å². The fourth-order valence-corrected chi connectivity index (χ4v) is 3.27. The minimum absolute atomic E-state index is 0.708. The fraction of sp³-hybridized carbons (Fsp3) is 0.640. The van der Waals surface area contributed by atoms with Crippen LogP contribution in [0.1, 0.15) is 85.9 Å². The first-order chi connectivity index (χ1) is 14.4. The van der Waals surface area contributed by atoms with Gasteiger partial charge in [0.2, 0.25) is 0 Å². The van der Waals surface area contributed by atoms with E-state index in [1.54, 1.807) is 0 Å². The van der Waals surface area contributed by atoms with Crippen LogP contribution in [0.5, 0.6) is 0 Å². The summed E-state index contributed by atoms with van der Waals surface area (Å²) in [6, 6.07) is 5.87. The molecule has 1 aromatic heterocycles. The summed E-state index contributed by atoms with van der Waals surface area (Å²) < 4.78 is 10.1. The van der Waals surface area contributed by atoms with Gasteiger partial charge in [-0.05, 0) is 48.8 Å². The molecule has 1 saturated carbocycles. The number of aromatic nitrogens is 2. The van der Waals surface area contributed by atoms with Gasteiger partial charge in [0.05, 0.1) is 11.0 Å². The molecule has 0 unspecified atom stereocenters. The van der Waals surface area contributed by atoms with Gasteiger partial charge in [-0.1, -0.05) is 73.8 Å². The number of anilines is 1. The first kappa shape index (κ1) is 28.0. The van der Waals surface area contributed by atoms with E-state index < -0.39 is 0 Å². The van der Waals surface area contributed by atoms with Crippen molar-refractivity contribution in [3.05, 3.63) is 36.9 Å². The maximum Gasteiger partial charge on any atom is 0.128 e. The molecule has 172 valence electrons. The van der Waals surface area contributed by atoms with Crippen LogP contribution in [-0.2, 0) is 11.4 Å². The third-order valence-corrected chi connectivity index (χ3v) is 5.63. The summed E-state index contributed by atoms with van der Waals surface area (Å²) in [4.78, 5) is 10.9. The summed E-state index contributed by atoms with van der Waals surface area (Å²) in [5.74, 6) is 3.77. The Morgan fingerprint density at radius 1 is 1.23 bits per heavy atom. The summed E-state index contributed by atoms with van der Waals surface area (Å²) in [6.07, 6.45) is 9.89. The number of imidazole rings is 1. The Balaban J connectivity index is 0.000000588. The van der Waals surface area contributed by atoms with Crippen LogP contribution in [0.3, 0.4) is 0 Å². The van der Waals surface area contributed by atoms with Crippen LogP contribution in [0, 0.1) is 17.8 Å². The Labute approximate surface area is 183 Å². The molecule has 1 aromatic carbocycles. The fourth-order valence-electron chi connectivity index (χ4n) is 3.27. The number of nitrogens with two attached hydrogens (primary N) is 1. The Morgan fingerprint density at radius 3 is 2.27 bits per heavy atom. The van der Waals surface area contributed by atoms with Crippen molar-refractivity contribution in [1.29, 1.82) is 0 Å². The number of nitrogens with zero attached hydrogens (tertiary/aromatic N) is 1. The van der Waals surface area contributed by atoms with Gasteiger partial charge in [0.15, 0.2) is 0 Å². The summed E-state index contributed by atoms with van der Waals surface area (Å²) in [5.41, 5.74) is 8.68. The number of H-pyrrole nitrogens is 1. The molecular formula is C25H44FN3O. The molecule has 1 heterocycles. The van der Waals surface area contributed by atoms with Crippen molar-refractivity contribution >= 4 is 16.7 Å². The molecule has 4 nitrogen and oxygen atoms in total. The Kier molecular flexibility index (Phi) is 15.6. The molecule has 0 radical (unpaired) electrons. The highest BCUT2D eigenvalue weighted by molar-refractivity contribution is 5.78. The minimum Gasteiger partial charge on any atom is -0.399 e. The summed E-state index contributed by atoms with van der Waals surface area (Å²) in [7, 11) is 0. The van der Waals surface area contributed by atoms with Crippen LogP contribution in [0.2, 0.25) is 0 Å². The smallest absolute Gasteiger partial charge is 0.128 e. The highest BCUT2D eigenvalue weighted by Crippen LogP contribution is 2.30. The quantitative estimate of drug-likeness (QED) is 0.379. The summed E-state index contributed by atoms with van der Waals surface area (Å²) in [5, 5.41) is 0. The summed E-state index contributed by atoms with van der Waals surface area (Å²) >= 11 is 0. The molecule has 5 heteroatoms. The molecule has 1 fully saturated rings. The Bertz CT molecular complexity index is 674. The molecule has 0 spiro atoms. The van der Waals surface area contributed by atoms with Crippen LogP contribution >= 0.6 is 0 Å². The van der Waals surface area contributed by atoms with Crippen molar-refractivity contribution in [2.75, 3.05) is 5.73 Å². The van der Waals surface area contributed by atoms with Gasteiger partial charge in [-0.15, -0.1) is 0 Å². The number of fused-ring (bicyclic) bond motifs is 1. The van der Waals surface area contributed by atoms with Crippen molar-refractivity contribution < 1.29 is 9.47 Å². The maximum absolute atomic E-state index is 10.1. The lowest BCUT2D eigenvalue weighted by atomic mass is 9.81. The van der Waals surface area contributed by atoms with E-state index in [0.717, 1.165) is 46.7 Å². The van der Waals surface area contributed by atoms with Crippen molar-refractivity contribution in [2.45, 2.75) is 86.5 Å². The van der Waals surface area contributed by atoms with Crippen molar-refractivity contribution in [2.24, 2.45) is 17.8 Å². The predicted octanol–water partition coefficient (Wildman–Crippen LogP) is 8.01. The van der Waals surface area contributed by atoms with Gasteiger partial charge in [-0.3, -0.25) is 0 Å². The van der Waals surface area contributed by atoms with Crippen LogP contribution in [0.4, 0.5) is 10.2 Å². The lowest BCUT2D eigenvalue weighted by Gasteiger charge is -2.25. The van der Waals surface area contributed by atoms with E-state index in [9.17, 15) is 4.53 Å². The Hall–Kier alpha value is -2.04. The number of hydrogen-bond donors (Lipinski definition) is 2.